The van der Waals surface area contributed by atoms with Crippen molar-refractivity contribution in [1.82, 2.24) is 19.9 Å². The third-order valence-corrected chi connectivity index (χ3v) is 5.71. The maximum Gasteiger partial charge on any atom is 0.191 e. The molecule has 1 aromatic carbocycles. The number of nitrogens with zero attached hydrogens (tertiary/aromatic N) is 3. The molecule has 0 aliphatic rings. The normalized spacial score (nSPS) is 11.4. The molecule has 136 valence electrons. The Balaban J connectivity index is 1.87. The van der Waals surface area contributed by atoms with E-state index in [1.807, 2.05) is 43.3 Å². The maximum atomic E-state index is 12.4. The van der Waals surface area contributed by atoms with Gasteiger partial charge in [-0.25, -0.2) is 15.0 Å². The summed E-state index contributed by atoms with van der Waals surface area (Å²) < 4.78 is 1.08. The third kappa shape index (κ3) is 2.87. The number of pyridine rings is 3. The standard InChI is InChI=1S/C21H13ClN4OS/c1-11-8-12(9-18(22)24-11)13-10-14-16(27)6-7-23-20(14)26-19(13)21-25-15-4-2-3-5-17(15)28-21/h2-10H,1H3,(H,23,26,27). The van der Waals surface area contributed by atoms with Crippen molar-refractivity contribution in [2.75, 3.05) is 0 Å². The smallest absolute Gasteiger partial charge is 0.191 e. The van der Waals surface area contributed by atoms with E-state index in [-0.39, 0.29) is 5.43 Å². The second-order valence-electron chi connectivity index (χ2n) is 6.43. The molecule has 0 saturated carbocycles. The van der Waals surface area contributed by atoms with E-state index in [1.165, 1.54) is 6.07 Å². The first kappa shape index (κ1) is 17.0. The maximum absolute atomic E-state index is 12.4. The highest BCUT2D eigenvalue weighted by atomic mass is 35.5. The van der Waals surface area contributed by atoms with Crippen molar-refractivity contribution in [1.29, 1.82) is 0 Å². The highest BCUT2D eigenvalue weighted by Crippen LogP contribution is 2.37. The first-order valence-electron chi connectivity index (χ1n) is 8.61. The van der Waals surface area contributed by atoms with Gasteiger partial charge in [-0.15, -0.1) is 11.3 Å². The van der Waals surface area contributed by atoms with Gasteiger partial charge in [-0.2, -0.15) is 0 Å². The summed E-state index contributed by atoms with van der Waals surface area (Å²) in [6.07, 6.45) is 1.60. The van der Waals surface area contributed by atoms with Gasteiger partial charge in [0, 0.05) is 23.5 Å². The summed E-state index contributed by atoms with van der Waals surface area (Å²) in [7, 11) is 0. The molecule has 0 atom stereocenters. The number of hydrogen-bond acceptors (Lipinski definition) is 5. The number of para-hydroxylation sites is 1. The van der Waals surface area contributed by atoms with Gasteiger partial charge in [-0.05, 0) is 42.8 Å². The Labute approximate surface area is 168 Å². The van der Waals surface area contributed by atoms with Crippen molar-refractivity contribution in [2.45, 2.75) is 6.92 Å². The second kappa shape index (κ2) is 6.51. The van der Waals surface area contributed by atoms with Crippen molar-refractivity contribution < 1.29 is 0 Å². The fraction of sp³-hybridized carbons (Fsp3) is 0.0476. The molecule has 5 aromatic rings. The van der Waals surface area contributed by atoms with Crippen LogP contribution in [0.25, 0.3) is 43.1 Å². The van der Waals surface area contributed by atoms with E-state index in [4.69, 9.17) is 21.6 Å². The van der Waals surface area contributed by atoms with Crippen LogP contribution in [0, 0.1) is 6.92 Å². The lowest BCUT2D eigenvalue weighted by Crippen LogP contribution is -2.03. The predicted octanol–water partition coefficient (Wildman–Crippen LogP) is 5.22. The number of hydrogen-bond donors (Lipinski definition) is 1. The van der Waals surface area contributed by atoms with Gasteiger partial charge in [-0.1, -0.05) is 23.7 Å². The van der Waals surface area contributed by atoms with Crippen LogP contribution < -0.4 is 5.43 Å². The monoisotopic (exact) mass is 404 g/mol. The average Bonchev–Trinajstić information content (AvgIpc) is 3.11. The first-order valence-corrected chi connectivity index (χ1v) is 9.81. The molecule has 4 aromatic heterocycles. The minimum atomic E-state index is -0.0878. The summed E-state index contributed by atoms with van der Waals surface area (Å²) in [5.41, 5.74) is 4.51. The van der Waals surface area contributed by atoms with E-state index < -0.39 is 0 Å². The molecule has 0 spiro atoms. The Bertz CT molecular complexity index is 1370. The number of aromatic amines is 1. The van der Waals surface area contributed by atoms with Gasteiger partial charge in [0.1, 0.15) is 21.5 Å². The molecule has 0 unspecified atom stereocenters. The molecule has 0 fully saturated rings. The summed E-state index contributed by atoms with van der Waals surface area (Å²) in [4.78, 5) is 29.2. The molecule has 4 heterocycles. The number of fused-ring (bicyclic) bond motifs is 2. The molecule has 7 heteroatoms. The van der Waals surface area contributed by atoms with Gasteiger partial charge in [0.15, 0.2) is 5.43 Å². The van der Waals surface area contributed by atoms with Gasteiger partial charge in [0.2, 0.25) is 0 Å². The van der Waals surface area contributed by atoms with Crippen LogP contribution >= 0.6 is 22.9 Å². The van der Waals surface area contributed by atoms with Crippen LogP contribution in [0.1, 0.15) is 5.69 Å². The van der Waals surface area contributed by atoms with Crippen molar-refractivity contribution >= 4 is 44.2 Å². The highest BCUT2D eigenvalue weighted by molar-refractivity contribution is 7.21. The highest BCUT2D eigenvalue weighted by Gasteiger charge is 2.17. The molecule has 0 saturated heterocycles. The zero-order valence-electron chi connectivity index (χ0n) is 14.7. The third-order valence-electron chi connectivity index (χ3n) is 4.47. The number of halogens is 1. The molecule has 0 aliphatic heterocycles. The largest absolute Gasteiger partial charge is 0.346 e. The fourth-order valence-corrected chi connectivity index (χ4v) is 4.46. The van der Waals surface area contributed by atoms with Crippen molar-refractivity contribution in [3.63, 3.8) is 0 Å². The predicted molar refractivity (Wildman–Crippen MR) is 114 cm³/mol. The molecule has 5 rings (SSSR count). The molecule has 1 N–H and O–H groups in total. The second-order valence-corrected chi connectivity index (χ2v) is 7.85. The van der Waals surface area contributed by atoms with Gasteiger partial charge in [0.25, 0.3) is 0 Å². The van der Waals surface area contributed by atoms with Crippen LogP contribution in [0.15, 0.2) is 59.5 Å². The minimum absolute atomic E-state index is 0.0878. The van der Waals surface area contributed by atoms with Crippen LogP contribution in [-0.4, -0.2) is 19.9 Å². The lowest BCUT2D eigenvalue weighted by molar-refractivity contribution is 1.20. The quantitative estimate of drug-likeness (QED) is 0.409. The van der Waals surface area contributed by atoms with E-state index in [0.717, 1.165) is 32.0 Å². The average molecular weight is 405 g/mol. The number of aryl methyl sites for hydroxylation is 1. The number of benzene rings is 1. The van der Waals surface area contributed by atoms with E-state index >= 15 is 0 Å². The van der Waals surface area contributed by atoms with E-state index in [0.29, 0.717) is 21.9 Å². The topological polar surface area (TPSA) is 71.5 Å². The SMILES string of the molecule is Cc1cc(-c2cc3c(=O)cc[nH]c3nc2-c2nc3ccccc3s2)cc(Cl)n1. The minimum Gasteiger partial charge on any atom is -0.346 e. The molecule has 5 nitrogen and oxygen atoms in total. The van der Waals surface area contributed by atoms with Crippen LogP contribution in [-0.2, 0) is 0 Å². The lowest BCUT2D eigenvalue weighted by atomic mass is 10.0. The van der Waals surface area contributed by atoms with E-state index in [1.54, 1.807) is 23.6 Å². The Morgan fingerprint density at radius 3 is 2.71 bits per heavy atom. The zero-order chi connectivity index (χ0) is 19.3. The van der Waals surface area contributed by atoms with Gasteiger partial charge >= 0.3 is 0 Å². The van der Waals surface area contributed by atoms with Crippen LogP contribution in [0.4, 0.5) is 0 Å². The Hall–Kier alpha value is -3.09. The van der Waals surface area contributed by atoms with Crippen LogP contribution in [0.3, 0.4) is 0 Å². The van der Waals surface area contributed by atoms with Crippen molar-refractivity contribution in [2.24, 2.45) is 0 Å². The van der Waals surface area contributed by atoms with Gasteiger partial charge in [-0.3, -0.25) is 4.79 Å². The van der Waals surface area contributed by atoms with Gasteiger partial charge in [0.05, 0.1) is 15.6 Å². The lowest BCUT2D eigenvalue weighted by Gasteiger charge is -2.10. The first-order chi connectivity index (χ1) is 13.6. The number of rotatable bonds is 2. The van der Waals surface area contributed by atoms with E-state index in [2.05, 4.69) is 9.97 Å². The summed E-state index contributed by atoms with van der Waals surface area (Å²) in [6.45, 7) is 1.88. The molecule has 28 heavy (non-hydrogen) atoms. The molecule has 0 amide bonds. The molecule has 0 radical (unpaired) electrons. The summed E-state index contributed by atoms with van der Waals surface area (Å²) in [6, 6.07) is 15.0. The molecular formula is C21H13ClN4OS. The van der Waals surface area contributed by atoms with Crippen molar-refractivity contribution in [3.05, 3.63) is 75.8 Å². The number of nitrogens with one attached hydrogen (secondary N) is 1. The van der Waals surface area contributed by atoms with Crippen molar-refractivity contribution in [3.8, 4) is 21.8 Å². The molecule has 0 bridgehead atoms. The summed E-state index contributed by atoms with van der Waals surface area (Å²) in [5, 5.41) is 1.70. The number of aromatic nitrogens is 4. The summed E-state index contributed by atoms with van der Waals surface area (Å²) >= 11 is 7.77. The Morgan fingerprint density at radius 1 is 1.04 bits per heavy atom. The van der Waals surface area contributed by atoms with Crippen LogP contribution in [0.5, 0.6) is 0 Å². The number of thiazole rings is 1. The van der Waals surface area contributed by atoms with E-state index in [9.17, 15) is 4.79 Å². The Kier molecular flexibility index (Phi) is 3.96. The molecular weight excluding hydrogens is 392 g/mol. The van der Waals surface area contributed by atoms with Gasteiger partial charge < -0.3 is 4.98 Å². The zero-order valence-corrected chi connectivity index (χ0v) is 16.3. The van der Waals surface area contributed by atoms with Crippen LogP contribution in [0.2, 0.25) is 5.15 Å². The fourth-order valence-electron chi connectivity index (χ4n) is 3.24. The summed E-state index contributed by atoms with van der Waals surface area (Å²) in [5.74, 6) is 0. The Morgan fingerprint density at radius 2 is 1.89 bits per heavy atom. The molecule has 0 aliphatic carbocycles. The number of H-pyrrole nitrogens is 1.